The summed E-state index contributed by atoms with van der Waals surface area (Å²) in [5.41, 5.74) is 3.17. The molecule has 1 N–H and O–H groups in total. The standard InChI is InChI=1S/C27H26F3NO4/c1-19-16-23(35-27(28,29)30)11-9-22(19)10-13-26(32)31-15-14-20-8-12-24(33-2)25(17-20)34-18-21-6-4-3-5-7-21/h3-13,16-17H,14-15,18H2,1-2H3,(H,31,32)/b13-10+. The van der Waals surface area contributed by atoms with E-state index < -0.39 is 6.36 Å². The van der Waals surface area contributed by atoms with Gasteiger partial charge in [-0.3, -0.25) is 4.79 Å². The molecule has 0 spiro atoms. The third-order valence-corrected chi connectivity index (χ3v) is 5.07. The quantitative estimate of drug-likeness (QED) is 0.366. The van der Waals surface area contributed by atoms with Gasteiger partial charge in [-0.05, 0) is 65.9 Å². The molecule has 5 nitrogen and oxygen atoms in total. The molecule has 0 aliphatic rings. The molecule has 0 radical (unpaired) electrons. The van der Waals surface area contributed by atoms with Crippen molar-refractivity contribution in [3.8, 4) is 17.2 Å². The molecule has 0 heterocycles. The molecule has 3 aromatic rings. The van der Waals surface area contributed by atoms with Crippen molar-refractivity contribution >= 4 is 12.0 Å². The highest BCUT2D eigenvalue weighted by molar-refractivity contribution is 5.91. The Balaban J connectivity index is 1.52. The minimum atomic E-state index is -4.75. The van der Waals surface area contributed by atoms with E-state index in [1.165, 1.54) is 24.3 Å². The summed E-state index contributed by atoms with van der Waals surface area (Å²) in [7, 11) is 1.58. The Morgan fingerprint density at radius 2 is 1.74 bits per heavy atom. The Bertz CT molecular complexity index is 1160. The zero-order valence-electron chi connectivity index (χ0n) is 19.4. The van der Waals surface area contributed by atoms with Crippen LogP contribution in [0.25, 0.3) is 6.08 Å². The topological polar surface area (TPSA) is 56.8 Å². The largest absolute Gasteiger partial charge is 0.573 e. The Hall–Kier alpha value is -3.94. The normalized spacial score (nSPS) is 11.3. The maximum absolute atomic E-state index is 12.3. The molecule has 0 saturated carbocycles. The molecule has 184 valence electrons. The fourth-order valence-corrected chi connectivity index (χ4v) is 3.31. The van der Waals surface area contributed by atoms with E-state index in [-0.39, 0.29) is 11.7 Å². The first-order valence-electron chi connectivity index (χ1n) is 10.9. The molecule has 0 aromatic heterocycles. The van der Waals surface area contributed by atoms with Gasteiger partial charge in [-0.2, -0.15) is 0 Å². The van der Waals surface area contributed by atoms with Crippen LogP contribution >= 0.6 is 0 Å². The van der Waals surface area contributed by atoms with Gasteiger partial charge in [-0.15, -0.1) is 13.2 Å². The van der Waals surface area contributed by atoms with E-state index in [0.717, 1.165) is 11.1 Å². The van der Waals surface area contributed by atoms with Crippen LogP contribution in [0.2, 0.25) is 0 Å². The van der Waals surface area contributed by atoms with Crippen molar-refractivity contribution in [1.29, 1.82) is 0 Å². The van der Waals surface area contributed by atoms with Gasteiger partial charge in [0.05, 0.1) is 7.11 Å². The Labute approximate surface area is 202 Å². The Morgan fingerprint density at radius 1 is 0.971 bits per heavy atom. The fourth-order valence-electron chi connectivity index (χ4n) is 3.31. The summed E-state index contributed by atoms with van der Waals surface area (Å²) in [5, 5.41) is 2.80. The number of benzene rings is 3. The highest BCUT2D eigenvalue weighted by atomic mass is 19.4. The van der Waals surface area contributed by atoms with Crippen molar-refractivity contribution in [2.24, 2.45) is 0 Å². The van der Waals surface area contributed by atoms with Crippen LogP contribution in [-0.4, -0.2) is 25.9 Å². The van der Waals surface area contributed by atoms with Crippen LogP contribution in [0.3, 0.4) is 0 Å². The second kappa shape index (κ2) is 12.0. The lowest BCUT2D eigenvalue weighted by atomic mass is 10.1. The van der Waals surface area contributed by atoms with E-state index in [1.54, 1.807) is 20.1 Å². The molecule has 0 aliphatic heterocycles. The smallest absolute Gasteiger partial charge is 0.493 e. The summed E-state index contributed by atoms with van der Waals surface area (Å²) >= 11 is 0. The number of ether oxygens (including phenoxy) is 3. The lowest BCUT2D eigenvalue weighted by Gasteiger charge is -2.13. The number of methoxy groups -OCH3 is 1. The molecular weight excluding hydrogens is 459 g/mol. The number of rotatable bonds is 10. The molecular formula is C27H26F3NO4. The van der Waals surface area contributed by atoms with Gasteiger partial charge in [0.25, 0.3) is 0 Å². The first-order chi connectivity index (χ1) is 16.7. The summed E-state index contributed by atoms with van der Waals surface area (Å²) < 4.78 is 52.2. The number of halogens is 3. The lowest BCUT2D eigenvalue weighted by molar-refractivity contribution is -0.274. The predicted molar refractivity (Wildman–Crippen MR) is 127 cm³/mol. The van der Waals surface area contributed by atoms with E-state index >= 15 is 0 Å². The van der Waals surface area contributed by atoms with Crippen molar-refractivity contribution in [2.75, 3.05) is 13.7 Å². The molecule has 0 atom stereocenters. The SMILES string of the molecule is COc1ccc(CCNC(=O)/C=C/c2ccc(OC(F)(F)F)cc2C)cc1OCc1ccccc1. The first-order valence-corrected chi connectivity index (χ1v) is 10.9. The fraction of sp³-hybridized carbons (Fsp3) is 0.222. The van der Waals surface area contributed by atoms with Crippen LogP contribution in [0.15, 0.2) is 72.8 Å². The van der Waals surface area contributed by atoms with Crippen LogP contribution in [0, 0.1) is 6.92 Å². The molecule has 8 heteroatoms. The molecule has 0 saturated heterocycles. The predicted octanol–water partition coefficient (Wildman–Crippen LogP) is 5.85. The van der Waals surface area contributed by atoms with Crippen molar-refractivity contribution in [3.63, 3.8) is 0 Å². The van der Waals surface area contributed by atoms with Crippen LogP contribution in [0.1, 0.15) is 22.3 Å². The van der Waals surface area contributed by atoms with Gasteiger partial charge in [0, 0.05) is 12.6 Å². The van der Waals surface area contributed by atoms with Gasteiger partial charge >= 0.3 is 6.36 Å². The number of carbonyl (C=O) groups is 1. The molecule has 35 heavy (non-hydrogen) atoms. The second-order valence-corrected chi connectivity index (χ2v) is 7.70. The van der Waals surface area contributed by atoms with Crippen LogP contribution in [-0.2, 0) is 17.8 Å². The summed E-state index contributed by atoms with van der Waals surface area (Å²) in [6.45, 7) is 2.44. The second-order valence-electron chi connectivity index (χ2n) is 7.70. The molecule has 0 unspecified atom stereocenters. The molecule has 0 fully saturated rings. The summed E-state index contributed by atoms with van der Waals surface area (Å²) in [6, 6.07) is 19.4. The zero-order valence-corrected chi connectivity index (χ0v) is 19.4. The van der Waals surface area contributed by atoms with Crippen LogP contribution < -0.4 is 19.5 Å². The number of hydrogen-bond donors (Lipinski definition) is 1. The number of aryl methyl sites for hydroxylation is 1. The minimum Gasteiger partial charge on any atom is -0.493 e. The van der Waals surface area contributed by atoms with Gasteiger partial charge in [0.2, 0.25) is 5.91 Å². The Kier molecular flexibility index (Phi) is 8.78. The third kappa shape index (κ3) is 8.41. The number of carbonyl (C=O) groups excluding carboxylic acids is 1. The van der Waals surface area contributed by atoms with Gasteiger partial charge in [0.15, 0.2) is 11.5 Å². The maximum atomic E-state index is 12.3. The highest BCUT2D eigenvalue weighted by Gasteiger charge is 2.31. The van der Waals surface area contributed by atoms with Crippen LogP contribution in [0.5, 0.6) is 17.2 Å². The number of hydrogen-bond acceptors (Lipinski definition) is 4. The average molecular weight is 486 g/mol. The summed E-state index contributed by atoms with van der Waals surface area (Å²) in [5.74, 6) is 0.629. The average Bonchev–Trinajstić information content (AvgIpc) is 2.82. The van der Waals surface area contributed by atoms with Crippen molar-refractivity contribution in [3.05, 3.63) is 95.1 Å². The van der Waals surface area contributed by atoms with E-state index in [9.17, 15) is 18.0 Å². The molecule has 0 aliphatic carbocycles. The number of amides is 1. The van der Waals surface area contributed by atoms with Gasteiger partial charge in [0.1, 0.15) is 12.4 Å². The van der Waals surface area contributed by atoms with E-state index in [1.807, 2.05) is 48.5 Å². The van der Waals surface area contributed by atoms with E-state index in [0.29, 0.717) is 42.2 Å². The number of alkyl halides is 3. The summed E-state index contributed by atoms with van der Waals surface area (Å²) in [6.07, 6.45) is -1.28. The third-order valence-electron chi connectivity index (χ3n) is 5.07. The molecule has 3 aromatic carbocycles. The monoisotopic (exact) mass is 485 g/mol. The van der Waals surface area contributed by atoms with E-state index in [2.05, 4.69) is 10.1 Å². The van der Waals surface area contributed by atoms with Gasteiger partial charge in [-0.1, -0.05) is 42.5 Å². The maximum Gasteiger partial charge on any atom is 0.573 e. The lowest BCUT2D eigenvalue weighted by Crippen LogP contribution is -2.23. The minimum absolute atomic E-state index is 0.303. The molecule has 3 rings (SSSR count). The van der Waals surface area contributed by atoms with Gasteiger partial charge in [-0.25, -0.2) is 0 Å². The summed E-state index contributed by atoms with van der Waals surface area (Å²) in [4.78, 5) is 12.2. The van der Waals surface area contributed by atoms with E-state index in [4.69, 9.17) is 9.47 Å². The molecule has 0 bridgehead atoms. The van der Waals surface area contributed by atoms with Crippen molar-refractivity contribution in [2.45, 2.75) is 26.3 Å². The highest BCUT2D eigenvalue weighted by Crippen LogP contribution is 2.29. The van der Waals surface area contributed by atoms with Crippen molar-refractivity contribution in [1.82, 2.24) is 5.32 Å². The van der Waals surface area contributed by atoms with Gasteiger partial charge < -0.3 is 19.5 Å². The van der Waals surface area contributed by atoms with Crippen LogP contribution in [0.4, 0.5) is 13.2 Å². The first kappa shape index (κ1) is 25.7. The molecule has 1 amide bonds. The zero-order chi connectivity index (χ0) is 25.3. The Morgan fingerprint density at radius 3 is 2.43 bits per heavy atom. The number of nitrogens with one attached hydrogen (secondary N) is 1. The van der Waals surface area contributed by atoms with Crippen molar-refractivity contribution < 1.29 is 32.2 Å².